The molecule has 0 fully saturated rings. The SMILES string of the molecule is CCNC(=NCc1cccc(O)c1)NC(C)c1ccc(OC)c(F)c1.I. The minimum Gasteiger partial charge on any atom is -0.508 e. The predicted molar refractivity (Wildman–Crippen MR) is 113 cm³/mol. The van der Waals surface area contributed by atoms with E-state index in [9.17, 15) is 9.50 Å². The van der Waals surface area contributed by atoms with E-state index >= 15 is 0 Å². The average molecular weight is 473 g/mol. The minimum atomic E-state index is -0.393. The molecule has 0 spiro atoms. The number of guanidine groups is 1. The molecule has 0 aliphatic carbocycles. The Hall–Kier alpha value is -2.03. The zero-order valence-electron chi connectivity index (χ0n) is 15.1. The summed E-state index contributed by atoms with van der Waals surface area (Å²) < 4.78 is 18.8. The fraction of sp³-hybridized carbons (Fsp3) is 0.316. The number of methoxy groups -OCH3 is 1. The van der Waals surface area contributed by atoms with E-state index < -0.39 is 5.82 Å². The zero-order valence-corrected chi connectivity index (χ0v) is 17.5. The zero-order chi connectivity index (χ0) is 18.2. The lowest BCUT2D eigenvalue weighted by Gasteiger charge is -2.18. The van der Waals surface area contributed by atoms with Crippen LogP contribution >= 0.6 is 24.0 Å². The molecule has 1 unspecified atom stereocenters. The third-order valence-corrected chi connectivity index (χ3v) is 3.70. The largest absolute Gasteiger partial charge is 0.508 e. The molecule has 0 aliphatic heterocycles. The molecule has 2 aromatic carbocycles. The summed E-state index contributed by atoms with van der Waals surface area (Å²) in [6, 6.07) is 11.7. The number of aromatic hydroxyl groups is 1. The Labute approximate surface area is 170 Å². The van der Waals surface area contributed by atoms with Crippen LogP contribution in [0.15, 0.2) is 47.5 Å². The van der Waals surface area contributed by atoms with Gasteiger partial charge in [0.25, 0.3) is 0 Å². The van der Waals surface area contributed by atoms with E-state index in [4.69, 9.17) is 4.74 Å². The van der Waals surface area contributed by atoms with E-state index in [0.29, 0.717) is 19.0 Å². The highest BCUT2D eigenvalue weighted by molar-refractivity contribution is 14.0. The highest BCUT2D eigenvalue weighted by atomic mass is 127. The van der Waals surface area contributed by atoms with Crippen LogP contribution in [0.5, 0.6) is 11.5 Å². The van der Waals surface area contributed by atoms with Crippen molar-refractivity contribution in [1.29, 1.82) is 0 Å². The van der Waals surface area contributed by atoms with Crippen molar-refractivity contribution in [2.45, 2.75) is 26.4 Å². The molecule has 0 bridgehead atoms. The lowest BCUT2D eigenvalue weighted by molar-refractivity contribution is 0.386. The van der Waals surface area contributed by atoms with Gasteiger partial charge in [-0.25, -0.2) is 9.38 Å². The number of ether oxygens (including phenoxy) is 1. The molecular weight excluding hydrogens is 448 g/mol. The Balaban J connectivity index is 0.00000338. The maximum absolute atomic E-state index is 13.9. The summed E-state index contributed by atoms with van der Waals surface area (Å²) in [5.41, 5.74) is 1.70. The van der Waals surface area contributed by atoms with Gasteiger partial charge in [0, 0.05) is 6.54 Å². The molecule has 0 radical (unpaired) electrons. The maximum atomic E-state index is 13.9. The van der Waals surface area contributed by atoms with Gasteiger partial charge in [0.15, 0.2) is 17.5 Å². The number of halogens is 2. The van der Waals surface area contributed by atoms with Gasteiger partial charge in [0.1, 0.15) is 5.75 Å². The predicted octanol–water partition coefficient (Wildman–Crippen LogP) is 3.97. The summed E-state index contributed by atoms with van der Waals surface area (Å²) in [7, 11) is 1.44. The number of aliphatic imine (C=N–C) groups is 1. The van der Waals surface area contributed by atoms with Crippen LogP contribution in [0.2, 0.25) is 0 Å². The van der Waals surface area contributed by atoms with Crippen molar-refractivity contribution in [3.63, 3.8) is 0 Å². The average Bonchev–Trinajstić information content (AvgIpc) is 2.59. The molecule has 26 heavy (non-hydrogen) atoms. The Morgan fingerprint density at radius 1 is 1.27 bits per heavy atom. The Morgan fingerprint density at radius 2 is 2.04 bits per heavy atom. The molecule has 0 amide bonds. The van der Waals surface area contributed by atoms with Gasteiger partial charge in [-0.3, -0.25) is 0 Å². The molecule has 0 saturated carbocycles. The second kappa shape index (κ2) is 10.8. The van der Waals surface area contributed by atoms with E-state index in [-0.39, 0.29) is 41.5 Å². The Kier molecular flexibility index (Phi) is 9.18. The van der Waals surface area contributed by atoms with Crippen molar-refractivity contribution in [1.82, 2.24) is 10.6 Å². The summed E-state index contributed by atoms with van der Waals surface area (Å²) in [4.78, 5) is 4.51. The lowest BCUT2D eigenvalue weighted by atomic mass is 10.1. The van der Waals surface area contributed by atoms with Gasteiger partial charge in [-0.05, 0) is 49.2 Å². The minimum absolute atomic E-state index is 0. The standard InChI is InChI=1S/C19H24FN3O2.HI/c1-4-21-19(22-12-14-6-5-7-16(24)10-14)23-13(2)15-8-9-18(25-3)17(20)11-15;/h5-11,13,24H,4,12H2,1-3H3,(H2,21,22,23);1H. The van der Waals surface area contributed by atoms with Gasteiger partial charge < -0.3 is 20.5 Å². The van der Waals surface area contributed by atoms with Gasteiger partial charge >= 0.3 is 0 Å². The molecule has 5 nitrogen and oxygen atoms in total. The van der Waals surface area contributed by atoms with Crippen LogP contribution in [-0.4, -0.2) is 24.7 Å². The molecule has 0 aromatic heterocycles. The van der Waals surface area contributed by atoms with E-state index in [0.717, 1.165) is 11.1 Å². The number of hydrogen-bond acceptors (Lipinski definition) is 3. The Bertz CT molecular complexity index is 740. The van der Waals surface area contributed by atoms with E-state index in [1.165, 1.54) is 13.2 Å². The second-order valence-electron chi connectivity index (χ2n) is 5.63. The summed E-state index contributed by atoms with van der Waals surface area (Å²) in [6.45, 7) is 5.04. The number of phenolic OH excluding ortho intramolecular Hbond substituents is 1. The van der Waals surface area contributed by atoms with Crippen LogP contribution in [0.1, 0.15) is 31.0 Å². The van der Waals surface area contributed by atoms with Crippen LogP contribution in [0, 0.1) is 5.82 Å². The number of nitrogens with one attached hydrogen (secondary N) is 2. The maximum Gasteiger partial charge on any atom is 0.192 e. The highest BCUT2D eigenvalue weighted by Gasteiger charge is 2.11. The number of hydrogen-bond donors (Lipinski definition) is 3. The molecule has 0 heterocycles. The van der Waals surface area contributed by atoms with Gasteiger partial charge in [0.05, 0.1) is 19.7 Å². The van der Waals surface area contributed by atoms with Crippen LogP contribution in [-0.2, 0) is 6.54 Å². The van der Waals surface area contributed by atoms with Crippen molar-refractivity contribution in [2.75, 3.05) is 13.7 Å². The number of phenols is 1. The van der Waals surface area contributed by atoms with Crippen LogP contribution in [0.3, 0.4) is 0 Å². The van der Waals surface area contributed by atoms with Crippen LogP contribution < -0.4 is 15.4 Å². The molecule has 0 saturated heterocycles. The molecule has 0 aliphatic rings. The first-order valence-corrected chi connectivity index (χ1v) is 8.19. The third-order valence-electron chi connectivity index (χ3n) is 3.70. The van der Waals surface area contributed by atoms with Crippen molar-refractivity contribution in [2.24, 2.45) is 4.99 Å². The smallest absolute Gasteiger partial charge is 0.192 e. The molecule has 7 heteroatoms. The highest BCUT2D eigenvalue weighted by Crippen LogP contribution is 2.21. The summed E-state index contributed by atoms with van der Waals surface area (Å²) in [5, 5.41) is 15.9. The molecule has 142 valence electrons. The van der Waals surface area contributed by atoms with E-state index in [1.807, 2.05) is 26.0 Å². The quantitative estimate of drug-likeness (QED) is 0.338. The summed E-state index contributed by atoms with van der Waals surface area (Å²) in [6.07, 6.45) is 0. The normalized spacial score (nSPS) is 12.1. The molecular formula is C19H25FIN3O2. The Morgan fingerprint density at radius 3 is 2.65 bits per heavy atom. The summed E-state index contributed by atoms with van der Waals surface area (Å²) >= 11 is 0. The van der Waals surface area contributed by atoms with E-state index in [1.54, 1.807) is 24.3 Å². The topological polar surface area (TPSA) is 65.9 Å². The lowest BCUT2D eigenvalue weighted by Crippen LogP contribution is -2.38. The van der Waals surface area contributed by atoms with E-state index in [2.05, 4.69) is 15.6 Å². The van der Waals surface area contributed by atoms with Crippen molar-refractivity contribution in [3.8, 4) is 11.5 Å². The molecule has 1 atom stereocenters. The monoisotopic (exact) mass is 473 g/mol. The molecule has 2 rings (SSSR count). The van der Waals surface area contributed by atoms with Gasteiger partial charge in [-0.15, -0.1) is 24.0 Å². The number of rotatable bonds is 6. The van der Waals surface area contributed by atoms with Gasteiger partial charge in [-0.1, -0.05) is 18.2 Å². The van der Waals surface area contributed by atoms with Crippen LogP contribution in [0.4, 0.5) is 4.39 Å². The fourth-order valence-corrected chi connectivity index (χ4v) is 2.39. The van der Waals surface area contributed by atoms with Gasteiger partial charge in [0.2, 0.25) is 0 Å². The number of nitrogens with zero attached hydrogens (tertiary/aromatic N) is 1. The fourth-order valence-electron chi connectivity index (χ4n) is 2.39. The van der Waals surface area contributed by atoms with Gasteiger partial charge in [-0.2, -0.15) is 0 Å². The van der Waals surface area contributed by atoms with Crippen LogP contribution in [0.25, 0.3) is 0 Å². The number of benzene rings is 2. The van der Waals surface area contributed by atoms with Crippen molar-refractivity contribution in [3.05, 3.63) is 59.4 Å². The van der Waals surface area contributed by atoms with Crippen molar-refractivity contribution < 1.29 is 14.2 Å². The first-order chi connectivity index (χ1) is 12.0. The first-order valence-electron chi connectivity index (χ1n) is 8.19. The molecule has 3 N–H and O–H groups in total. The van der Waals surface area contributed by atoms with Crippen molar-refractivity contribution >= 4 is 29.9 Å². The summed E-state index contributed by atoms with van der Waals surface area (Å²) in [5.74, 6) is 0.665. The first kappa shape index (κ1) is 22.0. The second-order valence-corrected chi connectivity index (χ2v) is 5.63. The molecule has 2 aromatic rings. The third kappa shape index (κ3) is 6.36.